The van der Waals surface area contributed by atoms with Crippen molar-refractivity contribution >= 4 is 16.0 Å². The monoisotopic (exact) mass is 307 g/mol. The van der Waals surface area contributed by atoms with E-state index in [4.69, 9.17) is 14.6 Å². The van der Waals surface area contributed by atoms with Crippen LogP contribution in [-0.2, 0) is 19.5 Å². The lowest BCUT2D eigenvalue weighted by molar-refractivity contribution is -0.0960. The van der Waals surface area contributed by atoms with Gasteiger partial charge >= 0.3 is 5.97 Å². The molecule has 20 heavy (non-hydrogen) atoms. The largest absolute Gasteiger partial charge is 0.478 e. The second kappa shape index (κ2) is 6.75. The Hall–Kier alpha value is -1.55. The highest BCUT2D eigenvalue weighted by molar-refractivity contribution is 7.89. The molecule has 0 aliphatic carbocycles. The molecule has 0 saturated carbocycles. The normalized spacial score (nSPS) is 11.8. The molecule has 0 fully saturated rings. The average molecular weight is 307 g/mol. The van der Waals surface area contributed by atoms with Crippen LogP contribution >= 0.6 is 0 Å². The molecule has 9 heteroatoms. The van der Waals surface area contributed by atoms with Crippen molar-refractivity contribution in [3.8, 4) is 0 Å². The minimum absolute atomic E-state index is 0.213. The number of methoxy groups -OCH3 is 2. The lowest BCUT2D eigenvalue weighted by Gasteiger charge is -2.14. The minimum atomic E-state index is -4.13. The number of carbonyl (C=O) groups is 1. The molecule has 2 N–H and O–H groups in total. The number of carboxylic acids is 1. The van der Waals surface area contributed by atoms with Crippen LogP contribution in [0, 0.1) is 5.82 Å². The van der Waals surface area contributed by atoms with E-state index in [2.05, 4.69) is 4.72 Å². The number of aromatic carboxylic acids is 1. The standard InChI is InChI=1S/C11H14FNO6S/c1-18-10(19-2)6-13-20(16,17)9-4-3-7(11(14)15)5-8(9)12/h3-5,10,13H,6H2,1-2H3,(H,14,15). The summed E-state index contributed by atoms with van der Waals surface area (Å²) in [5.74, 6) is -2.50. The maximum absolute atomic E-state index is 13.6. The lowest BCUT2D eigenvalue weighted by Crippen LogP contribution is -2.34. The van der Waals surface area contributed by atoms with Crippen LogP contribution in [0.4, 0.5) is 4.39 Å². The maximum Gasteiger partial charge on any atom is 0.335 e. The van der Waals surface area contributed by atoms with Crippen molar-refractivity contribution in [2.75, 3.05) is 20.8 Å². The third-order valence-corrected chi connectivity index (χ3v) is 3.89. The molecule has 0 radical (unpaired) electrons. The first kappa shape index (κ1) is 16.5. The second-order valence-corrected chi connectivity index (χ2v) is 5.44. The predicted octanol–water partition coefficient (Wildman–Crippen LogP) is 0.421. The van der Waals surface area contributed by atoms with Gasteiger partial charge in [-0.3, -0.25) is 0 Å². The molecule has 1 rings (SSSR count). The maximum atomic E-state index is 13.6. The molecule has 0 bridgehead atoms. The minimum Gasteiger partial charge on any atom is -0.478 e. The van der Waals surface area contributed by atoms with Crippen molar-refractivity contribution in [2.45, 2.75) is 11.2 Å². The van der Waals surface area contributed by atoms with Gasteiger partial charge < -0.3 is 14.6 Å². The molecule has 0 aromatic heterocycles. The van der Waals surface area contributed by atoms with Gasteiger partial charge in [-0.05, 0) is 18.2 Å². The number of halogens is 1. The summed E-state index contributed by atoms with van der Waals surface area (Å²) in [7, 11) is -1.48. The Kier molecular flexibility index (Phi) is 5.57. The molecule has 7 nitrogen and oxygen atoms in total. The Labute approximate surface area is 115 Å². The van der Waals surface area contributed by atoms with Gasteiger partial charge in [0.05, 0.1) is 12.1 Å². The zero-order chi connectivity index (χ0) is 15.3. The highest BCUT2D eigenvalue weighted by atomic mass is 32.2. The van der Waals surface area contributed by atoms with E-state index in [-0.39, 0.29) is 12.1 Å². The number of hydrogen-bond donors (Lipinski definition) is 2. The number of hydrogen-bond acceptors (Lipinski definition) is 5. The summed E-state index contributed by atoms with van der Waals surface area (Å²) in [4.78, 5) is 10.00. The van der Waals surface area contributed by atoms with Crippen molar-refractivity contribution in [3.63, 3.8) is 0 Å². The van der Waals surface area contributed by atoms with Crippen molar-refractivity contribution in [2.24, 2.45) is 0 Å². The molecule has 0 aliphatic heterocycles. The van der Waals surface area contributed by atoms with E-state index in [0.717, 1.165) is 12.1 Å². The van der Waals surface area contributed by atoms with Crippen LogP contribution in [0.15, 0.2) is 23.1 Å². The second-order valence-electron chi connectivity index (χ2n) is 3.70. The first-order valence-electron chi connectivity index (χ1n) is 5.40. The summed E-state index contributed by atoms with van der Waals surface area (Å²) in [6.45, 7) is -0.213. The van der Waals surface area contributed by atoms with E-state index in [9.17, 15) is 17.6 Å². The number of nitrogens with one attached hydrogen (secondary N) is 1. The summed E-state index contributed by atoms with van der Waals surface area (Å²) in [5, 5.41) is 8.68. The van der Waals surface area contributed by atoms with E-state index in [1.54, 1.807) is 0 Å². The molecule has 0 amide bonds. The predicted molar refractivity (Wildman–Crippen MR) is 66.4 cm³/mol. The zero-order valence-corrected chi connectivity index (χ0v) is 11.6. The first-order valence-corrected chi connectivity index (χ1v) is 6.88. The fraction of sp³-hybridized carbons (Fsp3) is 0.364. The number of benzene rings is 1. The van der Waals surface area contributed by atoms with Crippen LogP contribution in [0.5, 0.6) is 0 Å². The van der Waals surface area contributed by atoms with Gasteiger partial charge in [0.2, 0.25) is 10.0 Å². The lowest BCUT2D eigenvalue weighted by atomic mass is 10.2. The van der Waals surface area contributed by atoms with Gasteiger partial charge in [-0.15, -0.1) is 0 Å². The molecular weight excluding hydrogens is 293 g/mol. The summed E-state index contributed by atoms with van der Waals surface area (Å²) in [6.07, 6.45) is -0.814. The fourth-order valence-electron chi connectivity index (χ4n) is 1.37. The van der Waals surface area contributed by atoms with Gasteiger partial charge in [-0.25, -0.2) is 22.3 Å². The van der Waals surface area contributed by atoms with Gasteiger partial charge in [0.25, 0.3) is 0 Å². The van der Waals surface area contributed by atoms with Crippen molar-refractivity contribution in [1.29, 1.82) is 0 Å². The van der Waals surface area contributed by atoms with E-state index in [1.165, 1.54) is 14.2 Å². The molecule has 0 atom stereocenters. The topological polar surface area (TPSA) is 102 Å². The Morgan fingerprint density at radius 3 is 2.45 bits per heavy atom. The molecule has 1 aromatic carbocycles. The van der Waals surface area contributed by atoms with E-state index >= 15 is 0 Å². The third kappa shape index (κ3) is 3.97. The number of carboxylic acid groups (broad SMARTS) is 1. The Morgan fingerprint density at radius 2 is 2.00 bits per heavy atom. The molecule has 0 aliphatic rings. The zero-order valence-electron chi connectivity index (χ0n) is 10.8. The van der Waals surface area contributed by atoms with Gasteiger partial charge in [-0.1, -0.05) is 0 Å². The van der Waals surface area contributed by atoms with Crippen LogP contribution in [0.3, 0.4) is 0 Å². The Bertz CT molecular complexity index is 585. The third-order valence-electron chi connectivity index (χ3n) is 2.43. The molecule has 0 heterocycles. The summed E-state index contributed by atoms with van der Waals surface area (Å²) in [5.41, 5.74) is -0.340. The molecule has 0 saturated heterocycles. The number of ether oxygens (including phenoxy) is 2. The Morgan fingerprint density at radius 1 is 1.40 bits per heavy atom. The van der Waals surface area contributed by atoms with Gasteiger partial charge in [0.15, 0.2) is 6.29 Å². The van der Waals surface area contributed by atoms with E-state index in [0.29, 0.717) is 6.07 Å². The van der Waals surface area contributed by atoms with Crippen LogP contribution in [0.2, 0.25) is 0 Å². The molecule has 0 spiro atoms. The first-order chi connectivity index (χ1) is 9.31. The summed E-state index contributed by atoms with van der Waals surface area (Å²) < 4.78 is 49.1. The highest BCUT2D eigenvalue weighted by Gasteiger charge is 2.21. The van der Waals surface area contributed by atoms with Gasteiger partial charge in [0, 0.05) is 14.2 Å². The fourth-order valence-corrected chi connectivity index (χ4v) is 2.44. The van der Waals surface area contributed by atoms with E-state index < -0.39 is 33.0 Å². The van der Waals surface area contributed by atoms with Crippen LogP contribution in [0.1, 0.15) is 10.4 Å². The molecule has 0 unspecified atom stereocenters. The van der Waals surface area contributed by atoms with Gasteiger partial charge in [-0.2, -0.15) is 0 Å². The Balaban J connectivity index is 2.95. The van der Waals surface area contributed by atoms with E-state index in [1.807, 2.05) is 0 Å². The van der Waals surface area contributed by atoms with Crippen LogP contribution in [-0.4, -0.2) is 46.5 Å². The smallest absolute Gasteiger partial charge is 0.335 e. The van der Waals surface area contributed by atoms with Crippen molar-refractivity contribution in [3.05, 3.63) is 29.6 Å². The molecule has 1 aromatic rings. The van der Waals surface area contributed by atoms with Crippen LogP contribution in [0.25, 0.3) is 0 Å². The van der Waals surface area contributed by atoms with Crippen LogP contribution < -0.4 is 4.72 Å². The molecule has 112 valence electrons. The summed E-state index contributed by atoms with van der Waals surface area (Å²) >= 11 is 0. The van der Waals surface area contributed by atoms with Crippen molar-refractivity contribution < 1.29 is 32.2 Å². The quantitative estimate of drug-likeness (QED) is 0.708. The number of sulfonamides is 1. The highest BCUT2D eigenvalue weighted by Crippen LogP contribution is 2.16. The average Bonchev–Trinajstić information content (AvgIpc) is 2.39. The number of rotatable bonds is 7. The molecular formula is C11H14FNO6S. The van der Waals surface area contributed by atoms with Crippen molar-refractivity contribution in [1.82, 2.24) is 4.72 Å². The summed E-state index contributed by atoms with van der Waals surface area (Å²) in [6, 6.07) is 2.53. The van der Waals surface area contributed by atoms with Gasteiger partial charge in [0.1, 0.15) is 10.7 Å². The SMILES string of the molecule is COC(CNS(=O)(=O)c1ccc(C(=O)O)cc1F)OC.